The zero-order chi connectivity index (χ0) is 14.3. The van der Waals surface area contributed by atoms with Crippen LogP contribution < -0.4 is 5.56 Å². The van der Waals surface area contributed by atoms with E-state index in [2.05, 4.69) is 0 Å². The predicted molar refractivity (Wildman–Crippen MR) is 56.3 cm³/mol. The molecule has 0 aliphatic carbocycles. The van der Waals surface area contributed by atoms with Gasteiger partial charge in [0.25, 0.3) is 5.56 Å². The van der Waals surface area contributed by atoms with E-state index in [9.17, 15) is 26.7 Å². The fraction of sp³-hybridized carbons (Fsp3) is 0.182. The summed E-state index contributed by atoms with van der Waals surface area (Å²) in [5.41, 5.74) is -2.32. The van der Waals surface area contributed by atoms with E-state index in [-0.39, 0.29) is 11.8 Å². The molecule has 0 saturated heterocycles. The topological polar surface area (TPSA) is 37.8 Å². The van der Waals surface area contributed by atoms with Gasteiger partial charge in [-0.25, -0.2) is 4.68 Å². The summed E-state index contributed by atoms with van der Waals surface area (Å²) in [4.78, 5) is 11.4. The van der Waals surface area contributed by atoms with Crippen LogP contribution in [0.3, 0.4) is 0 Å². The normalized spacial score (nSPS) is 12.7. The summed E-state index contributed by atoms with van der Waals surface area (Å²) in [7, 11) is 0. The second-order valence-corrected chi connectivity index (χ2v) is 3.75. The van der Waals surface area contributed by atoms with Crippen LogP contribution in [-0.2, 0) is 5.92 Å². The van der Waals surface area contributed by atoms with Crippen LogP contribution in [0.25, 0.3) is 5.69 Å². The van der Waals surface area contributed by atoms with Crippen LogP contribution in [0.15, 0.2) is 41.2 Å². The quantitative estimate of drug-likeness (QED) is 0.843. The van der Waals surface area contributed by atoms with Crippen molar-refractivity contribution in [2.24, 2.45) is 0 Å². The first kappa shape index (κ1) is 13.3. The molecule has 0 radical (unpaired) electrons. The lowest BCUT2D eigenvalue weighted by Crippen LogP contribution is -2.34. The molecule has 0 aliphatic rings. The van der Waals surface area contributed by atoms with Gasteiger partial charge in [-0.2, -0.15) is 22.0 Å². The van der Waals surface area contributed by atoms with E-state index in [1.165, 1.54) is 24.3 Å². The third-order valence-corrected chi connectivity index (χ3v) is 2.43. The van der Waals surface area contributed by atoms with Gasteiger partial charge in [-0.3, -0.25) is 9.89 Å². The van der Waals surface area contributed by atoms with Gasteiger partial charge in [0.2, 0.25) is 0 Å². The molecule has 8 heteroatoms. The zero-order valence-corrected chi connectivity index (χ0v) is 9.21. The van der Waals surface area contributed by atoms with Gasteiger partial charge in [0, 0.05) is 6.07 Å². The highest BCUT2D eigenvalue weighted by molar-refractivity contribution is 5.31. The average molecular weight is 278 g/mol. The maximum Gasteiger partial charge on any atom is 0.459 e. The minimum Gasteiger partial charge on any atom is -0.289 e. The molecule has 0 unspecified atom stereocenters. The van der Waals surface area contributed by atoms with Crippen molar-refractivity contribution in [1.29, 1.82) is 0 Å². The van der Waals surface area contributed by atoms with Crippen LogP contribution in [-0.4, -0.2) is 16.0 Å². The van der Waals surface area contributed by atoms with E-state index < -0.39 is 23.4 Å². The minimum atomic E-state index is -5.77. The number of halogens is 5. The van der Waals surface area contributed by atoms with Crippen molar-refractivity contribution >= 4 is 0 Å². The fourth-order valence-corrected chi connectivity index (χ4v) is 1.48. The number of alkyl halides is 5. The van der Waals surface area contributed by atoms with Gasteiger partial charge in [0.1, 0.15) is 5.69 Å². The Hall–Kier alpha value is -2.12. The van der Waals surface area contributed by atoms with Crippen molar-refractivity contribution in [2.75, 3.05) is 0 Å². The first-order chi connectivity index (χ1) is 8.73. The van der Waals surface area contributed by atoms with E-state index in [0.717, 1.165) is 0 Å². The molecule has 0 fully saturated rings. The Morgan fingerprint density at radius 1 is 1.00 bits per heavy atom. The summed E-state index contributed by atoms with van der Waals surface area (Å²) in [5.74, 6) is -5.10. The monoisotopic (exact) mass is 278 g/mol. The number of rotatable bonds is 2. The SMILES string of the molecule is O=c1cc(C(F)(F)C(F)(F)F)[nH]n1-c1ccccc1. The molecule has 0 aliphatic heterocycles. The summed E-state index contributed by atoms with van der Waals surface area (Å²) in [6, 6.07) is 7.68. The van der Waals surface area contributed by atoms with E-state index in [1.54, 1.807) is 11.2 Å². The number of aromatic nitrogens is 2. The molecule has 1 aromatic heterocycles. The first-order valence-corrected chi connectivity index (χ1v) is 5.06. The van der Waals surface area contributed by atoms with Crippen molar-refractivity contribution in [3.05, 3.63) is 52.4 Å². The predicted octanol–water partition coefficient (Wildman–Crippen LogP) is 2.82. The summed E-state index contributed by atoms with van der Waals surface area (Å²) in [6.45, 7) is 0. The summed E-state index contributed by atoms with van der Waals surface area (Å²) in [6.07, 6.45) is -5.77. The second-order valence-electron chi connectivity index (χ2n) is 3.75. The Balaban J connectivity index is 2.52. The third kappa shape index (κ3) is 2.25. The molecule has 1 heterocycles. The van der Waals surface area contributed by atoms with E-state index >= 15 is 0 Å². The standard InChI is InChI=1S/C11H7F5N2O/c12-10(13,11(14,15)16)8-6-9(19)18(17-8)7-4-2-1-3-5-7/h1-6,17H. The molecule has 0 saturated carbocycles. The smallest absolute Gasteiger partial charge is 0.289 e. The van der Waals surface area contributed by atoms with Crippen LogP contribution in [0.4, 0.5) is 22.0 Å². The number of hydrogen-bond acceptors (Lipinski definition) is 1. The van der Waals surface area contributed by atoms with Gasteiger partial charge in [0.15, 0.2) is 0 Å². The molecular weight excluding hydrogens is 271 g/mol. The Labute approximate surface area is 103 Å². The van der Waals surface area contributed by atoms with Crippen molar-refractivity contribution < 1.29 is 22.0 Å². The largest absolute Gasteiger partial charge is 0.459 e. The highest BCUT2D eigenvalue weighted by Gasteiger charge is 2.60. The van der Waals surface area contributed by atoms with Crippen LogP contribution in [0.2, 0.25) is 0 Å². The molecule has 3 nitrogen and oxygen atoms in total. The lowest BCUT2D eigenvalue weighted by atomic mass is 10.2. The van der Waals surface area contributed by atoms with Crippen LogP contribution in [0.1, 0.15) is 5.69 Å². The summed E-state index contributed by atoms with van der Waals surface area (Å²) in [5, 5.41) is 1.78. The number of benzene rings is 1. The molecule has 0 amide bonds. The Bertz CT molecular complexity index is 627. The lowest BCUT2D eigenvalue weighted by molar-refractivity contribution is -0.291. The van der Waals surface area contributed by atoms with Crippen molar-refractivity contribution in [2.45, 2.75) is 12.1 Å². The number of hydrogen-bond donors (Lipinski definition) is 1. The van der Waals surface area contributed by atoms with Crippen LogP contribution in [0.5, 0.6) is 0 Å². The highest BCUT2D eigenvalue weighted by atomic mass is 19.4. The van der Waals surface area contributed by atoms with E-state index in [1.807, 2.05) is 0 Å². The van der Waals surface area contributed by atoms with Crippen molar-refractivity contribution in [3.63, 3.8) is 0 Å². The number of nitrogens with one attached hydrogen (secondary N) is 1. The molecule has 1 aromatic carbocycles. The average Bonchev–Trinajstić information content (AvgIpc) is 2.71. The minimum absolute atomic E-state index is 0.164. The lowest BCUT2D eigenvalue weighted by Gasteiger charge is -2.17. The summed E-state index contributed by atoms with van der Waals surface area (Å²) >= 11 is 0. The maximum absolute atomic E-state index is 13.1. The molecule has 2 aromatic rings. The molecule has 102 valence electrons. The van der Waals surface area contributed by atoms with E-state index in [4.69, 9.17) is 0 Å². The summed E-state index contributed by atoms with van der Waals surface area (Å²) < 4.78 is 63.3. The number of para-hydroxylation sites is 1. The van der Waals surface area contributed by atoms with Crippen LogP contribution in [0, 0.1) is 0 Å². The van der Waals surface area contributed by atoms with Gasteiger partial charge in [-0.15, -0.1) is 0 Å². The van der Waals surface area contributed by atoms with Crippen LogP contribution >= 0.6 is 0 Å². The molecule has 2 rings (SSSR count). The third-order valence-electron chi connectivity index (χ3n) is 2.43. The Morgan fingerprint density at radius 3 is 2.11 bits per heavy atom. The number of aromatic amines is 1. The van der Waals surface area contributed by atoms with Gasteiger partial charge in [0.05, 0.1) is 5.69 Å². The molecule has 0 spiro atoms. The molecule has 0 bridgehead atoms. The second kappa shape index (κ2) is 4.22. The van der Waals surface area contributed by atoms with Gasteiger partial charge < -0.3 is 0 Å². The molecule has 19 heavy (non-hydrogen) atoms. The zero-order valence-electron chi connectivity index (χ0n) is 9.21. The molecule has 1 N–H and O–H groups in total. The molecule has 0 atom stereocenters. The Kier molecular flexibility index (Phi) is 2.95. The first-order valence-electron chi connectivity index (χ1n) is 5.06. The number of nitrogens with zero attached hydrogens (tertiary/aromatic N) is 1. The number of H-pyrrole nitrogens is 1. The van der Waals surface area contributed by atoms with Crippen molar-refractivity contribution in [3.8, 4) is 5.69 Å². The van der Waals surface area contributed by atoms with Crippen molar-refractivity contribution in [1.82, 2.24) is 9.78 Å². The molecular formula is C11H7F5N2O. The Morgan fingerprint density at radius 2 is 1.58 bits per heavy atom. The highest BCUT2D eigenvalue weighted by Crippen LogP contribution is 2.42. The fourth-order valence-electron chi connectivity index (χ4n) is 1.48. The maximum atomic E-state index is 13.1. The van der Waals surface area contributed by atoms with E-state index in [0.29, 0.717) is 4.68 Å². The van der Waals surface area contributed by atoms with Gasteiger partial charge in [-0.1, -0.05) is 18.2 Å². The van der Waals surface area contributed by atoms with Gasteiger partial charge in [-0.05, 0) is 12.1 Å². The van der Waals surface area contributed by atoms with Gasteiger partial charge >= 0.3 is 12.1 Å².